The van der Waals surface area contributed by atoms with Gasteiger partial charge in [0.15, 0.2) is 0 Å². The van der Waals surface area contributed by atoms with E-state index in [-0.39, 0.29) is 11.4 Å². The Bertz CT molecular complexity index is 1600. The molecular weight excluding hydrogens is 558 g/mol. The second-order valence-corrected chi connectivity index (χ2v) is 10.5. The summed E-state index contributed by atoms with van der Waals surface area (Å²) in [6.45, 7) is 4.85. The Hall–Kier alpha value is -5.90. The van der Waals surface area contributed by atoms with Crippen molar-refractivity contribution in [3.8, 4) is 5.75 Å². The molecule has 5 aromatic rings. The van der Waals surface area contributed by atoms with Gasteiger partial charge in [0.25, 0.3) is 11.4 Å². The molecule has 0 saturated carbocycles. The standard InChI is InChI=1S/C34H31N5O5/c1-24(2)23-44-34-21-19-31(20-22-34)37(29-11-3-25(4-12-29)35-27-7-15-32(16-8-27)38(40)41)30-13-5-26(6-14-30)36-28-9-17-33(18-10-28)39(42)43/h3-22,24,35-36H,23H2,1-2H3. The molecule has 5 aromatic carbocycles. The third-order valence-electron chi connectivity index (χ3n) is 6.66. The van der Waals surface area contributed by atoms with Crippen LogP contribution in [-0.4, -0.2) is 16.5 Å². The van der Waals surface area contributed by atoms with Crippen molar-refractivity contribution in [3.63, 3.8) is 0 Å². The van der Waals surface area contributed by atoms with Crippen molar-refractivity contribution in [3.05, 3.63) is 142 Å². The third-order valence-corrected chi connectivity index (χ3v) is 6.66. The van der Waals surface area contributed by atoms with Crippen LogP contribution in [0.4, 0.5) is 51.2 Å². The highest BCUT2D eigenvalue weighted by Crippen LogP contribution is 2.37. The average molecular weight is 590 g/mol. The molecule has 0 unspecified atom stereocenters. The Labute approximate surface area is 254 Å². The van der Waals surface area contributed by atoms with Crippen LogP contribution in [0.5, 0.6) is 5.75 Å². The van der Waals surface area contributed by atoms with Gasteiger partial charge in [-0.15, -0.1) is 0 Å². The molecule has 0 amide bonds. The normalized spacial score (nSPS) is 10.7. The van der Waals surface area contributed by atoms with Crippen LogP contribution in [0.3, 0.4) is 0 Å². The molecule has 0 heterocycles. The van der Waals surface area contributed by atoms with Gasteiger partial charge in [-0.1, -0.05) is 13.8 Å². The van der Waals surface area contributed by atoms with Gasteiger partial charge >= 0.3 is 0 Å². The van der Waals surface area contributed by atoms with E-state index in [4.69, 9.17) is 4.74 Å². The number of hydrogen-bond donors (Lipinski definition) is 2. The van der Waals surface area contributed by atoms with Crippen molar-refractivity contribution in [1.29, 1.82) is 0 Å². The minimum Gasteiger partial charge on any atom is -0.493 e. The van der Waals surface area contributed by atoms with Crippen molar-refractivity contribution in [2.45, 2.75) is 13.8 Å². The van der Waals surface area contributed by atoms with E-state index in [1.165, 1.54) is 24.3 Å². The molecule has 5 rings (SSSR count). The Balaban J connectivity index is 1.39. The molecule has 0 saturated heterocycles. The van der Waals surface area contributed by atoms with Crippen molar-refractivity contribution in [1.82, 2.24) is 0 Å². The summed E-state index contributed by atoms with van der Waals surface area (Å²) in [4.78, 5) is 23.2. The van der Waals surface area contributed by atoms with Gasteiger partial charge in [-0.25, -0.2) is 0 Å². The Morgan fingerprint density at radius 1 is 0.568 bits per heavy atom. The highest BCUT2D eigenvalue weighted by atomic mass is 16.6. The molecule has 0 atom stereocenters. The van der Waals surface area contributed by atoms with E-state index in [9.17, 15) is 20.2 Å². The lowest BCUT2D eigenvalue weighted by Crippen LogP contribution is -2.10. The SMILES string of the molecule is CC(C)COc1ccc(N(c2ccc(Nc3ccc([N+](=O)[O-])cc3)cc2)c2ccc(Nc3ccc([N+](=O)[O-])cc3)cc2)cc1. The average Bonchev–Trinajstić information content (AvgIpc) is 3.03. The molecule has 10 heteroatoms. The lowest BCUT2D eigenvalue weighted by atomic mass is 10.1. The van der Waals surface area contributed by atoms with E-state index in [0.29, 0.717) is 12.5 Å². The zero-order valence-electron chi connectivity index (χ0n) is 24.2. The first-order valence-corrected chi connectivity index (χ1v) is 14.0. The van der Waals surface area contributed by atoms with Crippen LogP contribution in [0.1, 0.15) is 13.8 Å². The number of anilines is 7. The maximum Gasteiger partial charge on any atom is 0.269 e. The van der Waals surface area contributed by atoms with E-state index in [2.05, 4.69) is 29.4 Å². The van der Waals surface area contributed by atoms with Gasteiger partial charge in [0.05, 0.1) is 16.5 Å². The molecule has 10 nitrogen and oxygen atoms in total. The fourth-order valence-corrected chi connectivity index (χ4v) is 4.46. The fourth-order valence-electron chi connectivity index (χ4n) is 4.46. The maximum absolute atomic E-state index is 11.0. The summed E-state index contributed by atoms with van der Waals surface area (Å²) in [6.07, 6.45) is 0. The van der Waals surface area contributed by atoms with Crippen LogP contribution < -0.4 is 20.3 Å². The summed E-state index contributed by atoms with van der Waals surface area (Å²) in [7, 11) is 0. The Morgan fingerprint density at radius 3 is 1.20 bits per heavy atom. The first-order valence-electron chi connectivity index (χ1n) is 14.0. The Kier molecular flexibility index (Phi) is 9.00. The maximum atomic E-state index is 11.0. The highest BCUT2D eigenvalue weighted by Gasteiger charge is 2.14. The van der Waals surface area contributed by atoms with E-state index in [0.717, 1.165) is 45.6 Å². The topological polar surface area (TPSA) is 123 Å². The number of nitro groups is 2. The molecule has 44 heavy (non-hydrogen) atoms. The first-order chi connectivity index (χ1) is 21.2. The molecule has 0 aliphatic heterocycles. The summed E-state index contributed by atoms with van der Waals surface area (Å²) in [5.41, 5.74) is 6.02. The number of rotatable bonds is 12. The third kappa shape index (κ3) is 7.48. The molecule has 222 valence electrons. The van der Waals surface area contributed by atoms with Gasteiger partial charge in [-0.2, -0.15) is 0 Å². The van der Waals surface area contributed by atoms with Crippen LogP contribution in [0.15, 0.2) is 121 Å². The second-order valence-electron chi connectivity index (χ2n) is 10.5. The Morgan fingerprint density at radius 2 is 0.886 bits per heavy atom. The van der Waals surface area contributed by atoms with Crippen molar-refractivity contribution >= 4 is 51.2 Å². The first kappa shape index (κ1) is 29.6. The largest absolute Gasteiger partial charge is 0.493 e. The lowest BCUT2D eigenvalue weighted by molar-refractivity contribution is -0.385. The predicted molar refractivity (Wildman–Crippen MR) is 174 cm³/mol. The van der Waals surface area contributed by atoms with Gasteiger partial charge in [0, 0.05) is 64.1 Å². The molecule has 0 fully saturated rings. The van der Waals surface area contributed by atoms with Crippen molar-refractivity contribution in [2.24, 2.45) is 5.92 Å². The summed E-state index contributed by atoms with van der Waals surface area (Å²) >= 11 is 0. The molecule has 0 aromatic heterocycles. The fraction of sp³-hybridized carbons (Fsp3) is 0.118. The monoisotopic (exact) mass is 589 g/mol. The molecule has 0 radical (unpaired) electrons. The smallest absolute Gasteiger partial charge is 0.269 e. The minimum absolute atomic E-state index is 0.0381. The molecule has 2 N–H and O–H groups in total. The van der Waals surface area contributed by atoms with Gasteiger partial charge in [-0.05, 0) is 103 Å². The van der Waals surface area contributed by atoms with Crippen LogP contribution in [0.25, 0.3) is 0 Å². The summed E-state index contributed by atoms with van der Waals surface area (Å²) in [5, 5.41) is 28.5. The van der Waals surface area contributed by atoms with Crippen LogP contribution in [-0.2, 0) is 0 Å². The molecule has 0 aliphatic carbocycles. The number of hydrogen-bond acceptors (Lipinski definition) is 8. The second kappa shape index (κ2) is 13.4. The number of benzene rings is 5. The van der Waals surface area contributed by atoms with E-state index in [1.54, 1.807) is 24.3 Å². The van der Waals surface area contributed by atoms with Crippen LogP contribution >= 0.6 is 0 Å². The van der Waals surface area contributed by atoms with Crippen LogP contribution in [0, 0.1) is 26.1 Å². The van der Waals surface area contributed by atoms with Gasteiger partial charge in [0.1, 0.15) is 5.75 Å². The number of ether oxygens (including phenoxy) is 1. The summed E-state index contributed by atoms with van der Waals surface area (Å²) in [5.74, 6) is 1.22. The lowest BCUT2D eigenvalue weighted by Gasteiger charge is -2.26. The predicted octanol–water partition coefficient (Wildman–Crippen LogP) is 9.49. The number of non-ortho nitro benzene ring substituents is 2. The molecule has 0 bridgehead atoms. The summed E-state index contributed by atoms with van der Waals surface area (Å²) < 4.78 is 5.89. The minimum atomic E-state index is -0.422. The van der Waals surface area contributed by atoms with Crippen molar-refractivity contribution in [2.75, 3.05) is 22.1 Å². The van der Waals surface area contributed by atoms with Crippen molar-refractivity contribution < 1.29 is 14.6 Å². The van der Waals surface area contributed by atoms with Crippen LogP contribution in [0.2, 0.25) is 0 Å². The molecular formula is C34H31N5O5. The number of nitrogens with one attached hydrogen (secondary N) is 2. The number of nitrogens with zero attached hydrogens (tertiary/aromatic N) is 3. The van der Waals surface area contributed by atoms with E-state index < -0.39 is 9.85 Å². The highest BCUT2D eigenvalue weighted by molar-refractivity contribution is 5.79. The van der Waals surface area contributed by atoms with Gasteiger partial charge in [-0.3, -0.25) is 20.2 Å². The summed E-state index contributed by atoms with van der Waals surface area (Å²) in [6, 6.07) is 36.3. The van der Waals surface area contributed by atoms with E-state index >= 15 is 0 Å². The molecule has 0 spiro atoms. The zero-order chi connectivity index (χ0) is 31.1. The molecule has 0 aliphatic rings. The zero-order valence-corrected chi connectivity index (χ0v) is 24.2. The number of nitro benzene ring substituents is 2. The van der Waals surface area contributed by atoms with Gasteiger partial charge < -0.3 is 20.3 Å². The van der Waals surface area contributed by atoms with E-state index in [1.807, 2.05) is 72.8 Å². The van der Waals surface area contributed by atoms with Gasteiger partial charge in [0.2, 0.25) is 0 Å². The quantitative estimate of drug-likeness (QED) is 0.109.